The summed E-state index contributed by atoms with van der Waals surface area (Å²) in [6.45, 7) is 11.7. The average Bonchev–Trinajstić information content (AvgIpc) is 2.67. The maximum absolute atomic E-state index is 13.0. The molecular formula is C24H32N2O3S. The third-order valence-electron chi connectivity index (χ3n) is 5.60. The summed E-state index contributed by atoms with van der Waals surface area (Å²) in [6.07, 6.45) is 1.04. The van der Waals surface area contributed by atoms with E-state index in [2.05, 4.69) is 39.9 Å². The fraction of sp³-hybridized carbons (Fsp3) is 0.458. The lowest BCUT2D eigenvalue weighted by atomic mass is 9.87. The van der Waals surface area contributed by atoms with Crippen molar-refractivity contribution in [3.63, 3.8) is 0 Å². The van der Waals surface area contributed by atoms with Gasteiger partial charge in [0.05, 0.1) is 4.90 Å². The van der Waals surface area contributed by atoms with Crippen molar-refractivity contribution >= 4 is 21.6 Å². The largest absolute Gasteiger partial charge is 0.322 e. The molecule has 6 heteroatoms. The highest BCUT2D eigenvalue weighted by atomic mass is 32.2. The second-order valence-electron chi connectivity index (χ2n) is 9.57. The number of benzene rings is 2. The van der Waals surface area contributed by atoms with Gasteiger partial charge in [0.15, 0.2) is 0 Å². The molecule has 0 aliphatic carbocycles. The number of nitrogens with zero attached hydrogens (tertiary/aromatic N) is 1. The van der Waals surface area contributed by atoms with Crippen LogP contribution in [0, 0.1) is 11.8 Å². The molecule has 0 saturated carbocycles. The van der Waals surface area contributed by atoms with Gasteiger partial charge < -0.3 is 5.32 Å². The Balaban J connectivity index is 1.71. The minimum atomic E-state index is -3.55. The molecular weight excluding hydrogens is 396 g/mol. The van der Waals surface area contributed by atoms with Crippen LogP contribution in [0.2, 0.25) is 0 Å². The smallest absolute Gasteiger partial charge is 0.255 e. The number of rotatable bonds is 4. The number of amides is 1. The molecule has 1 fully saturated rings. The first-order valence-electron chi connectivity index (χ1n) is 10.5. The van der Waals surface area contributed by atoms with Crippen LogP contribution in [0.15, 0.2) is 53.4 Å². The summed E-state index contributed by atoms with van der Waals surface area (Å²) in [7, 11) is -3.55. The standard InChI is InChI=1S/C24H32N2O3S/c1-17-14-18(2)16-26(15-17)30(28,29)22-12-6-19(7-13-22)23(27)25-21-10-8-20(9-11-21)24(3,4)5/h6-13,17-18H,14-16H2,1-5H3,(H,25,27)/t17-,18+. The number of carbonyl (C=O) groups excluding carboxylic acids is 1. The molecule has 1 aliphatic rings. The fourth-order valence-electron chi connectivity index (χ4n) is 3.99. The van der Waals surface area contributed by atoms with E-state index in [1.807, 2.05) is 24.3 Å². The summed E-state index contributed by atoms with van der Waals surface area (Å²) in [5.41, 5.74) is 2.37. The zero-order valence-electron chi connectivity index (χ0n) is 18.5. The van der Waals surface area contributed by atoms with Gasteiger partial charge in [-0.2, -0.15) is 4.31 Å². The molecule has 30 heavy (non-hydrogen) atoms. The van der Waals surface area contributed by atoms with Gasteiger partial charge in [0.2, 0.25) is 10.0 Å². The third kappa shape index (κ3) is 5.10. The van der Waals surface area contributed by atoms with Crippen molar-refractivity contribution in [3.05, 3.63) is 59.7 Å². The quantitative estimate of drug-likeness (QED) is 0.753. The molecule has 2 aromatic rings. The number of sulfonamides is 1. The minimum Gasteiger partial charge on any atom is -0.322 e. The Kier molecular flexibility index (Phi) is 6.39. The molecule has 0 radical (unpaired) electrons. The highest BCUT2D eigenvalue weighted by Gasteiger charge is 2.31. The van der Waals surface area contributed by atoms with Crippen molar-refractivity contribution in [2.24, 2.45) is 11.8 Å². The molecule has 1 saturated heterocycles. The van der Waals surface area contributed by atoms with Crippen molar-refractivity contribution in [1.29, 1.82) is 0 Å². The molecule has 1 N–H and O–H groups in total. The van der Waals surface area contributed by atoms with Gasteiger partial charge in [0.25, 0.3) is 5.91 Å². The zero-order valence-corrected chi connectivity index (χ0v) is 19.3. The van der Waals surface area contributed by atoms with Crippen molar-refractivity contribution in [3.8, 4) is 0 Å². The molecule has 0 bridgehead atoms. The SMILES string of the molecule is C[C@@H]1C[C@H](C)CN(S(=O)(=O)c2ccc(C(=O)Nc3ccc(C(C)(C)C)cc3)cc2)C1. The maximum Gasteiger partial charge on any atom is 0.255 e. The predicted molar refractivity (Wildman–Crippen MR) is 121 cm³/mol. The number of nitrogens with one attached hydrogen (secondary N) is 1. The van der Waals surface area contributed by atoms with Gasteiger partial charge >= 0.3 is 0 Å². The van der Waals surface area contributed by atoms with Crippen LogP contribution in [0.1, 0.15) is 57.0 Å². The van der Waals surface area contributed by atoms with E-state index in [0.717, 1.165) is 6.42 Å². The second-order valence-corrected chi connectivity index (χ2v) is 11.5. The van der Waals surface area contributed by atoms with E-state index in [9.17, 15) is 13.2 Å². The first-order valence-corrected chi connectivity index (χ1v) is 11.9. The van der Waals surface area contributed by atoms with Crippen molar-refractivity contribution < 1.29 is 13.2 Å². The molecule has 162 valence electrons. The number of anilines is 1. The van der Waals surface area contributed by atoms with Crippen LogP contribution in [0.4, 0.5) is 5.69 Å². The Hall–Kier alpha value is -2.18. The lowest BCUT2D eigenvalue weighted by Crippen LogP contribution is -2.42. The van der Waals surface area contributed by atoms with Gasteiger partial charge in [0.1, 0.15) is 0 Å². The third-order valence-corrected chi connectivity index (χ3v) is 7.44. The van der Waals surface area contributed by atoms with Gasteiger partial charge in [-0.15, -0.1) is 0 Å². The summed E-state index contributed by atoms with van der Waals surface area (Å²) in [4.78, 5) is 12.8. The van der Waals surface area contributed by atoms with Crippen LogP contribution in [-0.4, -0.2) is 31.7 Å². The summed E-state index contributed by atoms with van der Waals surface area (Å²) in [5, 5.41) is 2.87. The van der Waals surface area contributed by atoms with Crippen LogP contribution in [0.5, 0.6) is 0 Å². The van der Waals surface area contributed by atoms with E-state index < -0.39 is 10.0 Å². The topological polar surface area (TPSA) is 66.5 Å². The number of hydrogen-bond acceptors (Lipinski definition) is 3. The highest BCUT2D eigenvalue weighted by Crippen LogP contribution is 2.27. The van der Waals surface area contributed by atoms with Gasteiger partial charge in [-0.25, -0.2) is 8.42 Å². The highest BCUT2D eigenvalue weighted by molar-refractivity contribution is 7.89. The molecule has 3 rings (SSSR count). The van der Waals surface area contributed by atoms with Crippen molar-refractivity contribution in [2.75, 3.05) is 18.4 Å². The van der Waals surface area contributed by atoms with E-state index in [4.69, 9.17) is 0 Å². The van der Waals surface area contributed by atoms with Crippen LogP contribution in [-0.2, 0) is 15.4 Å². The Morgan fingerprint density at radius 2 is 1.47 bits per heavy atom. The molecule has 0 spiro atoms. The van der Waals surface area contributed by atoms with Crippen LogP contribution in [0.3, 0.4) is 0 Å². The van der Waals surface area contributed by atoms with E-state index in [1.165, 1.54) is 17.7 Å². The van der Waals surface area contributed by atoms with Crippen LogP contribution < -0.4 is 5.32 Å². The van der Waals surface area contributed by atoms with Crippen LogP contribution in [0.25, 0.3) is 0 Å². The van der Waals surface area contributed by atoms with E-state index in [1.54, 1.807) is 16.4 Å². The Morgan fingerprint density at radius 1 is 0.933 bits per heavy atom. The van der Waals surface area contributed by atoms with Gasteiger partial charge in [-0.1, -0.05) is 46.8 Å². The Bertz CT molecular complexity index is 980. The Morgan fingerprint density at radius 3 is 1.97 bits per heavy atom. The molecule has 1 heterocycles. The summed E-state index contributed by atoms with van der Waals surface area (Å²) in [6, 6.07) is 14.0. The Labute approximate surface area is 180 Å². The number of piperidine rings is 1. The molecule has 0 unspecified atom stereocenters. The number of hydrogen-bond donors (Lipinski definition) is 1. The second kappa shape index (κ2) is 8.52. The summed E-state index contributed by atoms with van der Waals surface area (Å²) >= 11 is 0. The van der Waals surface area contributed by atoms with Gasteiger partial charge in [-0.3, -0.25) is 4.79 Å². The van der Waals surface area contributed by atoms with E-state index in [0.29, 0.717) is 36.2 Å². The van der Waals surface area contributed by atoms with Crippen molar-refractivity contribution in [1.82, 2.24) is 4.31 Å². The first kappa shape index (κ1) is 22.5. The maximum atomic E-state index is 13.0. The van der Waals surface area contributed by atoms with E-state index in [-0.39, 0.29) is 16.2 Å². The van der Waals surface area contributed by atoms with Gasteiger partial charge in [-0.05, 0) is 65.6 Å². The lowest BCUT2D eigenvalue weighted by molar-refractivity contribution is 0.102. The van der Waals surface area contributed by atoms with Gasteiger partial charge in [0, 0.05) is 24.3 Å². The summed E-state index contributed by atoms with van der Waals surface area (Å²) in [5.74, 6) is 0.430. The minimum absolute atomic E-state index is 0.0494. The zero-order chi connectivity index (χ0) is 22.1. The molecule has 2 aromatic carbocycles. The summed E-state index contributed by atoms with van der Waals surface area (Å²) < 4.78 is 27.5. The molecule has 1 amide bonds. The molecule has 1 aliphatic heterocycles. The predicted octanol–water partition coefficient (Wildman–Crippen LogP) is 4.90. The lowest BCUT2D eigenvalue weighted by Gasteiger charge is -2.34. The monoisotopic (exact) mass is 428 g/mol. The molecule has 2 atom stereocenters. The van der Waals surface area contributed by atoms with E-state index >= 15 is 0 Å². The average molecular weight is 429 g/mol. The number of carbonyl (C=O) groups is 1. The molecule has 5 nitrogen and oxygen atoms in total. The van der Waals surface area contributed by atoms with Crippen molar-refractivity contribution in [2.45, 2.75) is 51.3 Å². The fourth-order valence-corrected chi connectivity index (χ4v) is 5.67. The molecule has 0 aromatic heterocycles. The first-order chi connectivity index (χ1) is 14.0. The normalized spacial score (nSPS) is 20.7. The van der Waals surface area contributed by atoms with Crippen LogP contribution >= 0.6 is 0 Å².